The molecule has 3 rings (SSSR count). The van der Waals surface area contributed by atoms with Crippen molar-refractivity contribution in [1.29, 1.82) is 0 Å². The zero-order valence-corrected chi connectivity index (χ0v) is 15.1. The Kier molecular flexibility index (Phi) is 5.00. The first kappa shape index (κ1) is 16.7. The molecule has 2 aromatic heterocycles. The predicted molar refractivity (Wildman–Crippen MR) is 97.7 cm³/mol. The Morgan fingerprint density at radius 2 is 1.96 bits per heavy atom. The largest absolute Gasteiger partial charge is 0.478 e. The number of benzene rings is 1. The second kappa shape index (κ2) is 7.18. The summed E-state index contributed by atoms with van der Waals surface area (Å²) in [6, 6.07) is 11.8. The fraction of sp³-hybridized carbons (Fsp3) is 0.263. The monoisotopic (exact) mass is 386 g/mol. The lowest BCUT2D eigenvalue weighted by molar-refractivity contribution is 0.0696. The fourth-order valence-electron chi connectivity index (χ4n) is 2.82. The van der Waals surface area contributed by atoms with E-state index in [0.717, 1.165) is 41.4 Å². The minimum absolute atomic E-state index is 0.252. The highest BCUT2D eigenvalue weighted by molar-refractivity contribution is 9.10. The molecule has 0 unspecified atom stereocenters. The van der Waals surface area contributed by atoms with Crippen LogP contribution in [0.2, 0.25) is 0 Å². The van der Waals surface area contributed by atoms with Crippen molar-refractivity contribution in [2.75, 3.05) is 0 Å². The third-order valence-corrected chi connectivity index (χ3v) is 4.65. The normalized spacial score (nSPS) is 11.1. The van der Waals surface area contributed by atoms with Crippen LogP contribution in [-0.2, 0) is 12.8 Å². The Balaban J connectivity index is 2.04. The number of carboxylic acids is 1. The van der Waals surface area contributed by atoms with Crippen LogP contribution in [0, 0.1) is 0 Å². The fourth-order valence-corrected chi connectivity index (χ4v) is 3.08. The second-order valence-corrected chi connectivity index (χ2v) is 6.80. The number of fused-ring (bicyclic) bond motifs is 1. The first-order valence-corrected chi connectivity index (χ1v) is 8.85. The SMILES string of the molecule is CCCCc1nn2cc(C(=O)O)ccc2c1Cc1ccc(Br)cc1. The third-order valence-electron chi connectivity index (χ3n) is 4.12. The van der Waals surface area contributed by atoms with Crippen LogP contribution in [0.5, 0.6) is 0 Å². The van der Waals surface area contributed by atoms with Crippen LogP contribution in [-0.4, -0.2) is 20.7 Å². The Morgan fingerprint density at radius 1 is 1.21 bits per heavy atom. The number of aromatic carboxylic acids is 1. The minimum atomic E-state index is -0.933. The van der Waals surface area contributed by atoms with Gasteiger partial charge in [0.05, 0.1) is 16.8 Å². The lowest BCUT2D eigenvalue weighted by Crippen LogP contribution is -1.99. The number of unbranched alkanes of at least 4 members (excludes halogenated alkanes) is 1. The first-order chi connectivity index (χ1) is 11.6. The molecule has 0 amide bonds. The quantitative estimate of drug-likeness (QED) is 0.666. The topological polar surface area (TPSA) is 54.6 Å². The van der Waals surface area contributed by atoms with Gasteiger partial charge in [-0.15, -0.1) is 0 Å². The van der Waals surface area contributed by atoms with E-state index in [2.05, 4.69) is 40.1 Å². The highest BCUT2D eigenvalue weighted by Gasteiger charge is 2.14. The highest BCUT2D eigenvalue weighted by Crippen LogP contribution is 2.23. The van der Waals surface area contributed by atoms with Crippen LogP contribution in [0.4, 0.5) is 0 Å². The Morgan fingerprint density at radius 3 is 2.62 bits per heavy atom. The molecule has 0 fully saturated rings. The van der Waals surface area contributed by atoms with Gasteiger partial charge in [-0.25, -0.2) is 9.31 Å². The second-order valence-electron chi connectivity index (χ2n) is 5.88. The van der Waals surface area contributed by atoms with E-state index in [-0.39, 0.29) is 5.56 Å². The van der Waals surface area contributed by atoms with E-state index in [0.29, 0.717) is 0 Å². The molecular formula is C19H19BrN2O2. The van der Waals surface area contributed by atoms with Gasteiger partial charge in [-0.2, -0.15) is 5.10 Å². The molecule has 0 radical (unpaired) electrons. The molecule has 124 valence electrons. The van der Waals surface area contributed by atoms with Gasteiger partial charge in [0.2, 0.25) is 0 Å². The van der Waals surface area contributed by atoms with Crippen molar-refractivity contribution in [3.8, 4) is 0 Å². The number of carboxylic acid groups (broad SMARTS) is 1. The summed E-state index contributed by atoms with van der Waals surface area (Å²) in [7, 11) is 0. The van der Waals surface area contributed by atoms with Crippen LogP contribution in [0.25, 0.3) is 5.52 Å². The van der Waals surface area contributed by atoms with E-state index in [9.17, 15) is 9.90 Å². The van der Waals surface area contributed by atoms with Crippen molar-refractivity contribution in [2.24, 2.45) is 0 Å². The summed E-state index contributed by atoms with van der Waals surface area (Å²) in [6.45, 7) is 2.16. The van der Waals surface area contributed by atoms with Crippen LogP contribution in [0.3, 0.4) is 0 Å². The molecule has 4 nitrogen and oxygen atoms in total. The average molecular weight is 387 g/mol. The van der Waals surface area contributed by atoms with E-state index in [1.165, 1.54) is 11.1 Å². The van der Waals surface area contributed by atoms with Crippen molar-refractivity contribution < 1.29 is 9.90 Å². The molecule has 0 aliphatic rings. The standard InChI is InChI=1S/C19H19BrN2O2/c1-2-3-4-17-16(11-13-5-8-15(20)9-6-13)18-10-7-14(19(23)24)12-22(18)21-17/h5-10,12H,2-4,11H2,1H3,(H,23,24). The van der Waals surface area contributed by atoms with Crippen molar-refractivity contribution >= 4 is 27.4 Å². The van der Waals surface area contributed by atoms with Gasteiger partial charge in [0.1, 0.15) is 0 Å². The molecule has 2 heterocycles. The number of aryl methyl sites for hydroxylation is 1. The van der Waals surface area contributed by atoms with Crippen LogP contribution >= 0.6 is 15.9 Å². The van der Waals surface area contributed by atoms with Gasteiger partial charge < -0.3 is 5.11 Å². The van der Waals surface area contributed by atoms with Gasteiger partial charge in [0.15, 0.2) is 0 Å². The molecule has 0 spiro atoms. The molecule has 1 aromatic carbocycles. The maximum absolute atomic E-state index is 11.2. The molecule has 0 aliphatic heterocycles. The maximum atomic E-state index is 11.2. The van der Waals surface area contributed by atoms with E-state index < -0.39 is 5.97 Å². The van der Waals surface area contributed by atoms with Crippen molar-refractivity contribution in [3.63, 3.8) is 0 Å². The predicted octanol–water partition coefficient (Wildman–Crippen LogP) is 4.73. The zero-order valence-electron chi connectivity index (χ0n) is 13.5. The molecule has 5 heteroatoms. The van der Waals surface area contributed by atoms with E-state index in [4.69, 9.17) is 0 Å². The summed E-state index contributed by atoms with van der Waals surface area (Å²) in [5.41, 5.74) is 4.69. The molecule has 0 aliphatic carbocycles. The maximum Gasteiger partial charge on any atom is 0.337 e. The number of nitrogens with zero attached hydrogens (tertiary/aromatic N) is 2. The summed E-state index contributed by atoms with van der Waals surface area (Å²) in [5, 5.41) is 13.8. The molecule has 0 saturated carbocycles. The molecule has 0 bridgehead atoms. The van der Waals surface area contributed by atoms with Gasteiger partial charge in [-0.05, 0) is 42.7 Å². The molecular weight excluding hydrogens is 368 g/mol. The van der Waals surface area contributed by atoms with E-state index in [1.807, 2.05) is 18.2 Å². The lowest BCUT2D eigenvalue weighted by atomic mass is 10.0. The first-order valence-electron chi connectivity index (χ1n) is 8.06. The van der Waals surface area contributed by atoms with Gasteiger partial charge in [0.25, 0.3) is 0 Å². The summed E-state index contributed by atoms with van der Waals surface area (Å²) in [4.78, 5) is 11.2. The van der Waals surface area contributed by atoms with Crippen LogP contribution in [0.15, 0.2) is 47.1 Å². The summed E-state index contributed by atoms with van der Waals surface area (Å²) in [6.07, 6.45) is 5.47. The summed E-state index contributed by atoms with van der Waals surface area (Å²) >= 11 is 3.46. The van der Waals surface area contributed by atoms with Crippen LogP contribution in [0.1, 0.15) is 46.9 Å². The van der Waals surface area contributed by atoms with Crippen molar-refractivity contribution in [3.05, 3.63) is 69.5 Å². The molecule has 0 saturated heterocycles. The van der Waals surface area contributed by atoms with Gasteiger partial charge in [0, 0.05) is 22.7 Å². The zero-order chi connectivity index (χ0) is 17.1. The summed E-state index contributed by atoms with van der Waals surface area (Å²) < 4.78 is 2.77. The Bertz CT molecular complexity index is 869. The Labute approximate surface area is 149 Å². The highest BCUT2D eigenvalue weighted by atomic mass is 79.9. The molecule has 24 heavy (non-hydrogen) atoms. The lowest BCUT2D eigenvalue weighted by Gasteiger charge is -2.04. The molecule has 1 N–H and O–H groups in total. The number of hydrogen-bond donors (Lipinski definition) is 1. The smallest absolute Gasteiger partial charge is 0.337 e. The number of hydrogen-bond acceptors (Lipinski definition) is 2. The number of rotatable bonds is 6. The molecule has 0 atom stereocenters. The summed E-state index contributed by atoms with van der Waals surface area (Å²) in [5.74, 6) is -0.933. The van der Waals surface area contributed by atoms with Gasteiger partial charge in [-0.1, -0.05) is 41.4 Å². The van der Waals surface area contributed by atoms with Gasteiger partial charge in [-0.3, -0.25) is 0 Å². The van der Waals surface area contributed by atoms with Crippen molar-refractivity contribution in [2.45, 2.75) is 32.6 Å². The third kappa shape index (κ3) is 3.51. The number of aromatic nitrogens is 2. The van der Waals surface area contributed by atoms with E-state index >= 15 is 0 Å². The molecule has 3 aromatic rings. The number of carbonyl (C=O) groups is 1. The number of halogens is 1. The van der Waals surface area contributed by atoms with Crippen molar-refractivity contribution in [1.82, 2.24) is 9.61 Å². The Hall–Kier alpha value is -2.14. The minimum Gasteiger partial charge on any atom is -0.478 e. The van der Waals surface area contributed by atoms with Crippen LogP contribution < -0.4 is 0 Å². The van der Waals surface area contributed by atoms with Gasteiger partial charge >= 0.3 is 5.97 Å². The average Bonchev–Trinajstić information content (AvgIpc) is 2.91. The number of pyridine rings is 1. The van der Waals surface area contributed by atoms with E-state index in [1.54, 1.807) is 16.8 Å².